The third-order valence-electron chi connectivity index (χ3n) is 3.70. The molecule has 0 atom stereocenters. The van der Waals surface area contributed by atoms with E-state index in [1.807, 2.05) is 13.8 Å². The number of hydrogen-bond acceptors (Lipinski definition) is 3. The fourth-order valence-electron chi connectivity index (χ4n) is 2.04. The lowest BCUT2D eigenvalue weighted by Crippen LogP contribution is -2.54. The molecule has 1 N–H and O–H groups in total. The van der Waals surface area contributed by atoms with Crippen molar-refractivity contribution in [2.75, 3.05) is 6.61 Å². The molecule has 1 aliphatic heterocycles. The smallest absolute Gasteiger partial charge is 0.257 e. The van der Waals surface area contributed by atoms with E-state index in [9.17, 15) is 14.7 Å². The largest absolute Gasteiger partial charge is 0.394 e. The lowest BCUT2D eigenvalue weighted by Gasteiger charge is -2.38. The number of rotatable bonds is 4. The van der Waals surface area contributed by atoms with Crippen molar-refractivity contribution in [3.8, 4) is 0 Å². The Morgan fingerprint density at radius 3 is 1.69 bits per heavy atom. The molecule has 4 heteroatoms. The molecule has 0 saturated carbocycles. The van der Waals surface area contributed by atoms with Crippen molar-refractivity contribution in [3.63, 3.8) is 0 Å². The molecular weight excluding hydrogens is 206 g/mol. The molecule has 0 radical (unpaired) electrons. The van der Waals surface area contributed by atoms with Crippen LogP contribution in [0, 0.1) is 0 Å². The van der Waals surface area contributed by atoms with Gasteiger partial charge in [-0.25, -0.2) is 0 Å². The normalized spacial score (nSPS) is 17.7. The van der Waals surface area contributed by atoms with Gasteiger partial charge in [0.15, 0.2) is 0 Å². The topological polar surface area (TPSA) is 57.6 Å². The van der Waals surface area contributed by atoms with Gasteiger partial charge in [-0.05, 0) is 26.7 Å². The summed E-state index contributed by atoms with van der Waals surface area (Å²) >= 11 is 0. The molecule has 0 unspecified atom stereocenters. The number of aliphatic hydroxyl groups is 1. The van der Waals surface area contributed by atoms with Gasteiger partial charge < -0.3 is 5.11 Å². The molecule has 1 aliphatic rings. The molecule has 0 aromatic heterocycles. The number of carbonyl (C=O) groups excluding carboxylic acids is 2. The lowest BCUT2D eigenvalue weighted by molar-refractivity contribution is -0.147. The summed E-state index contributed by atoms with van der Waals surface area (Å²) in [5.74, 6) is -0.527. The third-order valence-corrected chi connectivity index (χ3v) is 3.70. The van der Waals surface area contributed by atoms with E-state index in [4.69, 9.17) is 0 Å². The van der Waals surface area contributed by atoms with Crippen molar-refractivity contribution in [2.45, 2.75) is 46.1 Å². The number of nitrogens with zero attached hydrogens (tertiary/aromatic N) is 1. The van der Waals surface area contributed by atoms with E-state index in [0.717, 1.165) is 0 Å². The molecule has 90 valence electrons. The van der Waals surface area contributed by atoms with Crippen LogP contribution in [-0.2, 0) is 9.59 Å². The summed E-state index contributed by atoms with van der Waals surface area (Å²) in [6, 6.07) is 0. The number of amides is 2. The second kappa shape index (κ2) is 4.37. The Kier molecular flexibility index (Phi) is 3.53. The summed E-state index contributed by atoms with van der Waals surface area (Å²) in [5, 5.41) is 9.48. The number of carbonyl (C=O) groups is 2. The second-order valence-corrected chi connectivity index (χ2v) is 4.29. The van der Waals surface area contributed by atoms with Gasteiger partial charge in [0.05, 0.1) is 12.1 Å². The maximum Gasteiger partial charge on any atom is 0.257 e. The van der Waals surface area contributed by atoms with E-state index < -0.39 is 5.54 Å². The molecule has 0 spiro atoms. The van der Waals surface area contributed by atoms with Crippen LogP contribution in [0.4, 0.5) is 0 Å². The molecule has 0 fully saturated rings. The van der Waals surface area contributed by atoms with Gasteiger partial charge in [-0.2, -0.15) is 0 Å². The highest BCUT2D eigenvalue weighted by atomic mass is 16.3. The average Bonchev–Trinajstić information content (AvgIpc) is 2.49. The van der Waals surface area contributed by atoms with Crippen molar-refractivity contribution >= 4 is 11.8 Å². The lowest BCUT2D eigenvalue weighted by atomic mass is 9.91. The molecule has 2 amide bonds. The first-order chi connectivity index (χ1) is 7.45. The van der Waals surface area contributed by atoms with Crippen molar-refractivity contribution < 1.29 is 14.7 Å². The van der Waals surface area contributed by atoms with E-state index in [0.29, 0.717) is 24.0 Å². The standard InChI is InChI=1S/C12H19NO3/c1-5-12(6-2,7-14)13-10(15)8(3)9(4)11(13)16/h14H,5-7H2,1-4H3. The Bertz CT molecular complexity index is 321. The van der Waals surface area contributed by atoms with Crippen LogP contribution in [0.5, 0.6) is 0 Å². The highest BCUT2D eigenvalue weighted by Crippen LogP contribution is 2.32. The van der Waals surface area contributed by atoms with Gasteiger partial charge in [0.2, 0.25) is 0 Å². The Morgan fingerprint density at radius 2 is 1.44 bits per heavy atom. The maximum absolute atomic E-state index is 12.0. The predicted octanol–water partition coefficient (Wildman–Crippen LogP) is 1.24. The zero-order valence-electron chi connectivity index (χ0n) is 10.3. The fraction of sp³-hybridized carbons (Fsp3) is 0.667. The number of hydrogen-bond donors (Lipinski definition) is 1. The fourth-order valence-corrected chi connectivity index (χ4v) is 2.04. The molecular formula is C12H19NO3. The summed E-state index contributed by atoms with van der Waals surface area (Å²) in [6.45, 7) is 6.89. The van der Waals surface area contributed by atoms with Crippen LogP contribution in [0.2, 0.25) is 0 Å². The monoisotopic (exact) mass is 225 g/mol. The van der Waals surface area contributed by atoms with E-state index in [2.05, 4.69) is 0 Å². The zero-order chi connectivity index (χ0) is 12.5. The third kappa shape index (κ3) is 1.57. The Balaban J connectivity index is 3.17. The zero-order valence-corrected chi connectivity index (χ0v) is 10.3. The van der Waals surface area contributed by atoms with E-state index in [1.54, 1.807) is 13.8 Å². The van der Waals surface area contributed by atoms with Crippen molar-refractivity contribution in [2.24, 2.45) is 0 Å². The SMILES string of the molecule is CCC(CC)(CO)N1C(=O)C(C)=C(C)C1=O. The van der Waals surface area contributed by atoms with Gasteiger partial charge in [-0.15, -0.1) is 0 Å². The first kappa shape index (κ1) is 12.9. The number of imide groups is 1. The van der Waals surface area contributed by atoms with Gasteiger partial charge >= 0.3 is 0 Å². The Hall–Kier alpha value is -1.16. The molecule has 4 nitrogen and oxygen atoms in total. The van der Waals surface area contributed by atoms with Gasteiger partial charge in [0.1, 0.15) is 0 Å². The van der Waals surface area contributed by atoms with Crippen LogP contribution in [0.25, 0.3) is 0 Å². The van der Waals surface area contributed by atoms with Gasteiger partial charge in [-0.3, -0.25) is 14.5 Å². The van der Waals surface area contributed by atoms with E-state index in [-0.39, 0.29) is 18.4 Å². The van der Waals surface area contributed by atoms with Crippen LogP contribution >= 0.6 is 0 Å². The van der Waals surface area contributed by atoms with E-state index >= 15 is 0 Å². The van der Waals surface area contributed by atoms with Gasteiger partial charge in [0, 0.05) is 11.1 Å². The maximum atomic E-state index is 12.0. The first-order valence-electron chi connectivity index (χ1n) is 5.62. The van der Waals surface area contributed by atoms with E-state index in [1.165, 1.54) is 4.90 Å². The van der Waals surface area contributed by atoms with Crippen molar-refractivity contribution in [1.29, 1.82) is 0 Å². The van der Waals surface area contributed by atoms with Crippen LogP contribution < -0.4 is 0 Å². The highest BCUT2D eigenvalue weighted by Gasteiger charge is 2.45. The summed E-state index contributed by atoms with van der Waals surface area (Å²) in [4.78, 5) is 25.2. The summed E-state index contributed by atoms with van der Waals surface area (Å²) < 4.78 is 0. The first-order valence-corrected chi connectivity index (χ1v) is 5.62. The molecule has 0 saturated heterocycles. The van der Waals surface area contributed by atoms with Crippen LogP contribution in [-0.4, -0.2) is 34.0 Å². The minimum Gasteiger partial charge on any atom is -0.394 e. The Morgan fingerprint density at radius 1 is 1.06 bits per heavy atom. The molecule has 1 rings (SSSR count). The molecule has 0 aliphatic carbocycles. The van der Waals surface area contributed by atoms with Crippen LogP contribution in [0.3, 0.4) is 0 Å². The molecule has 0 bridgehead atoms. The highest BCUT2D eigenvalue weighted by molar-refractivity contribution is 6.19. The molecule has 16 heavy (non-hydrogen) atoms. The minimum atomic E-state index is -0.743. The Labute approximate surface area is 95.9 Å². The minimum absolute atomic E-state index is 0.182. The quantitative estimate of drug-likeness (QED) is 0.732. The van der Waals surface area contributed by atoms with Crippen molar-refractivity contribution in [3.05, 3.63) is 11.1 Å². The summed E-state index contributed by atoms with van der Waals surface area (Å²) in [7, 11) is 0. The average molecular weight is 225 g/mol. The summed E-state index contributed by atoms with van der Waals surface area (Å²) in [6.07, 6.45) is 1.14. The molecule has 0 aromatic carbocycles. The molecule has 1 heterocycles. The second-order valence-electron chi connectivity index (χ2n) is 4.29. The van der Waals surface area contributed by atoms with Crippen LogP contribution in [0.1, 0.15) is 40.5 Å². The molecule has 0 aromatic rings. The number of aliphatic hydroxyl groups excluding tert-OH is 1. The summed E-state index contributed by atoms with van der Waals surface area (Å²) in [5.41, 5.74) is 0.238. The van der Waals surface area contributed by atoms with Gasteiger partial charge in [0.25, 0.3) is 11.8 Å². The van der Waals surface area contributed by atoms with Crippen molar-refractivity contribution in [1.82, 2.24) is 4.90 Å². The van der Waals surface area contributed by atoms with Gasteiger partial charge in [-0.1, -0.05) is 13.8 Å². The predicted molar refractivity (Wildman–Crippen MR) is 60.6 cm³/mol. The van der Waals surface area contributed by atoms with Crippen LogP contribution in [0.15, 0.2) is 11.1 Å².